The van der Waals surface area contributed by atoms with Crippen LogP contribution in [0.5, 0.6) is 0 Å². The van der Waals surface area contributed by atoms with Gasteiger partial charge in [0, 0.05) is 13.1 Å². The van der Waals surface area contributed by atoms with E-state index in [9.17, 15) is 8.78 Å². The highest BCUT2D eigenvalue weighted by atomic mass is 19.3. The minimum Gasteiger partial charge on any atom is -0.329 e. The molecule has 0 saturated carbocycles. The molecular formula is C6H14F2N2. The van der Waals surface area contributed by atoms with Gasteiger partial charge in [0.2, 0.25) is 0 Å². The molecule has 0 aliphatic rings. The molecule has 2 nitrogen and oxygen atoms in total. The Morgan fingerprint density at radius 3 is 2.40 bits per heavy atom. The zero-order chi connectivity index (χ0) is 7.98. The Labute approximate surface area is 60.0 Å². The van der Waals surface area contributed by atoms with Crippen molar-refractivity contribution in [1.29, 1.82) is 0 Å². The van der Waals surface area contributed by atoms with Gasteiger partial charge in [-0.05, 0) is 6.54 Å². The first kappa shape index (κ1) is 9.78. The maximum absolute atomic E-state index is 11.7. The molecule has 0 aromatic carbocycles. The molecule has 4 heteroatoms. The highest BCUT2D eigenvalue weighted by Gasteiger charge is 2.07. The first-order valence-corrected chi connectivity index (χ1v) is 3.41. The Bertz CT molecular complexity index is 78.1. The highest BCUT2D eigenvalue weighted by molar-refractivity contribution is 4.56. The van der Waals surface area contributed by atoms with Crippen molar-refractivity contribution in [2.75, 3.05) is 26.2 Å². The fourth-order valence-electron chi connectivity index (χ4n) is 0.756. The lowest BCUT2D eigenvalue weighted by molar-refractivity contribution is 0.0923. The summed E-state index contributed by atoms with van der Waals surface area (Å²) in [4.78, 5) is 1.63. The molecule has 0 aliphatic carbocycles. The van der Waals surface area contributed by atoms with Crippen LogP contribution in [-0.2, 0) is 0 Å². The van der Waals surface area contributed by atoms with Crippen molar-refractivity contribution in [3.05, 3.63) is 0 Å². The zero-order valence-electron chi connectivity index (χ0n) is 6.19. The molecule has 2 N–H and O–H groups in total. The molecule has 0 heterocycles. The summed E-state index contributed by atoms with van der Waals surface area (Å²) in [5.74, 6) is 0. The van der Waals surface area contributed by atoms with Gasteiger partial charge < -0.3 is 5.73 Å². The second kappa shape index (κ2) is 5.56. The van der Waals surface area contributed by atoms with E-state index in [0.29, 0.717) is 19.6 Å². The molecule has 0 fully saturated rings. The average Bonchev–Trinajstić information content (AvgIpc) is 1.86. The molecule has 62 valence electrons. The maximum atomic E-state index is 11.7. The van der Waals surface area contributed by atoms with Crippen molar-refractivity contribution in [1.82, 2.24) is 4.90 Å². The van der Waals surface area contributed by atoms with Gasteiger partial charge >= 0.3 is 0 Å². The quantitative estimate of drug-likeness (QED) is 0.622. The van der Waals surface area contributed by atoms with Crippen LogP contribution in [0.4, 0.5) is 8.78 Å². The van der Waals surface area contributed by atoms with E-state index in [1.54, 1.807) is 4.90 Å². The van der Waals surface area contributed by atoms with E-state index in [-0.39, 0.29) is 6.54 Å². The number of alkyl halides is 2. The number of nitrogens with zero attached hydrogens (tertiary/aromatic N) is 1. The van der Waals surface area contributed by atoms with Gasteiger partial charge in [-0.15, -0.1) is 0 Å². The summed E-state index contributed by atoms with van der Waals surface area (Å²) in [7, 11) is 0. The van der Waals surface area contributed by atoms with Crippen LogP contribution in [0.25, 0.3) is 0 Å². The Morgan fingerprint density at radius 2 is 2.10 bits per heavy atom. The van der Waals surface area contributed by atoms with Gasteiger partial charge in [-0.25, -0.2) is 8.78 Å². The van der Waals surface area contributed by atoms with Crippen molar-refractivity contribution in [2.24, 2.45) is 5.73 Å². The molecule has 0 saturated heterocycles. The van der Waals surface area contributed by atoms with E-state index >= 15 is 0 Å². The molecule has 0 aliphatic heterocycles. The maximum Gasteiger partial charge on any atom is 0.251 e. The van der Waals surface area contributed by atoms with Crippen molar-refractivity contribution < 1.29 is 8.78 Å². The van der Waals surface area contributed by atoms with E-state index in [0.717, 1.165) is 0 Å². The summed E-state index contributed by atoms with van der Waals surface area (Å²) < 4.78 is 23.4. The van der Waals surface area contributed by atoms with Crippen molar-refractivity contribution in [3.8, 4) is 0 Å². The van der Waals surface area contributed by atoms with Gasteiger partial charge in [0.05, 0.1) is 6.54 Å². The van der Waals surface area contributed by atoms with Gasteiger partial charge in [0.25, 0.3) is 6.43 Å². The topological polar surface area (TPSA) is 29.3 Å². The lowest BCUT2D eigenvalue weighted by Gasteiger charge is -2.17. The minimum atomic E-state index is -2.24. The SMILES string of the molecule is CCN(CCN)CC(F)F. The van der Waals surface area contributed by atoms with Crippen LogP contribution in [0.15, 0.2) is 0 Å². The number of hydrogen-bond donors (Lipinski definition) is 1. The molecule has 0 aromatic rings. The summed E-state index contributed by atoms with van der Waals surface area (Å²) in [6, 6.07) is 0. The van der Waals surface area contributed by atoms with Crippen molar-refractivity contribution in [3.63, 3.8) is 0 Å². The molecule has 0 atom stereocenters. The van der Waals surface area contributed by atoms with Crippen molar-refractivity contribution in [2.45, 2.75) is 13.3 Å². The normalized spacial score (nSPS) is 11.4. The number of rotatable bonds is 5. The van der Waals surface area contributed by atoms with Gasteiger partial charge in [-0.2, -0.15) is 0 Å². The summed E-state index contributed by atoms with van der Waals surface area (Å²) in [5.41, 5.74) is 5.19. The Kier molecular flexibility index (Phi) is 5.43. The fourth-order valence-corrected chi connectivity index (χ4v) is 0.756. The largest absolute Gasteiger partial charge is 0.329 e. The van der Waals surface area contributed by atoms with Gasteiger partial charge in [-0.1, -0.05) is 6.92 Å². The molecule has 0 spiro atoms. The van der Waals surface area contributed by atoms with E-state index in [2.05, 4.69) is 0 Å². The smallest absolute Gasteiger partial charge is 0.251 e. The fraction of sp³-hybridized carbons (Fsp3) is 1.00. The molecule has 0 rings (SSSR count). The third-order valence-electron chi connectivity index (χ3n) is 1.29. The van der Waals surface area contributed by atoms with Crippen LogP contribution >= 0.6 is 0 Å². The summed E-state index contributed by atoms with van der Waals surface area (Å²) in [6.07, 6.45) is -2.24. The summed E-state index contributed by atoms with van der Waals surface area (Å²) in [6.45, 7) is 3.33. The Balaban J connectivity index is 3.39. The lowest BCUT2D eigenvalue weighted by atomic mass is 10.4. The molecule has 0 amide bonds. The first-order chi connectivity index (χ1) is 4.70. The van der Waals surface area contributed by atoms with Crippen LogP contribution < -0.4 is 5.73 Å². The Morgan fingerprint density at radius 1 is 1.50 bits per heavy atom. The standard InChI is InChI=1S/C6H14F2N2/c1-2-10(4-3-9)5-6(7)8/h6H,2-5,9H2,1H3. The summed E-state index contributed by atoms with van der Waals surface area (Å²) >= 11 is 0. The number of nitrogens with two attached hydrogens (primary N) is 1. The van der Waals surface area contributed by atoms with E-state index in [1.165, 1.54) is 0 Å². The molecule has 0 bridgehead atoms. The lowest BCUT2D eigenvalue weighted by Crippen LogP contribution is -2.33. The zero-order valence-corrected chi connectivity index (χ0v) is 6.19. The van der Waals surface area contributed by atoms with Gasteiger partial charge in [0.1, 0.15) is 0 Å². The van der Waals surface area contributed by atoms with E-state index in [1.807, 2.05) is 6.92 Å². The number of likely N-dealkylation sites (N-methyl/N-ethyl adjacent to an activating group) is 1. The predicted octanol–water partition coefficient (Wildman–Crippen LogP) is 0.532. The van der Waals surface area contributed by atoms with Crippen molar-refractivity contribution >= 4 is 0 Å². The minimum absolute atomic E-state index is 0.159. The van der Waals surface area contributed by atoms with Crippen LogP contribution in [-0.4, -0.2) is 37.5 Å². The monoisotopic (exact) mass is 152 g/mol. The second-order valence-corrected chi connectivity index (χ2v) is 2.07. The molecule has 0 unspecified atom stereocenters. The first-order valence-electron chi connectivity index (χ1n) is 3.41. The summed E-state index contributed by atoms with van der Waals surface area (Å²) in [5, 5.41) is 0. The highest BCUT2D eigenvalue weighted by Crippen LogP contribution is 1.96. The van der Waals surface area contributed by atoms with Crippen LogP contribution in [0.2, 0.25) is 0 Å². The van der Waals surface area contributed by atoms with Crippen LogP contribution in [0.3, 0.4) is 0 Å². The average molecular weight is 152 g/mol. The van der Waals surface area contributed by atoms with Crippen LogP contribution in [0.1, 0.15) is 6.92 Å². The van der Waals surface area contributed by atoms with Gasteiger partial charge in [0.15, 0.2) is 0 Å². The third kappa shape index (κ3) is 4.64. The number of halogens is 2. The number of hydrogen-bond acceptors (Lipinski definition) is 2. The third-order valence-corrected chi connectivity index (χ3v) is 1.29. The Hall–Kier alpha value is -0.220. The van der Waals surface area contributed by atoms with E-state index in [4.69, 9.17) is 5.73 Å². The second-order valence-electron chi connectivity index (χ2n) is 2.07. The van der Waals surface area contributed by atoms with E-state index < -0.39 is 6.43 Å². The molecule has 0 aromatic heterocycles. The van der Waals surface area contributed by atoms with Gasteiger partial charge in [-0.3, -0.25) is 4.90 Å². The molecule has 0 radical (unpaired) electrons. The van der Waals surface area contributed by atoms with Crippen LogP contribution in [0, 0.1) is 0 Å². The molecular weight excluding hydrogens is 138 g/mol. The predicted molar refractivity (Wildman–Crippen MR) is 37.2 cm³/mol. The molecule has 10 heavy (non-hydrogen) atoms.